The fraction of sp³-hybridized carbons (Fsp3) is 0.238. The molecule has 0 atom stereocenters. The molecular weight excluding hydrogens is 413 g/mol. The first kappa shape index (κ1) is 20.6. The van der Waals surface area contributed by atoms with Gasteiger partial charge < -0.3 is 14.6 Å². The summed E-state index contributed by atoms with van der Waals surface area (Å²) in [6.07, 6.45) is -1.97. The first-order valence-corrected chi connectivity index (χ1v) is 9.36. The Hall–Kier alpha value is -3.69. The molecule has 0 radical (unpaired) electrons. The maximum Gasteiger partial charge on any atom is 0.416 e. The lowest BCUT2D eigenvalue weighted by molar-refractivity contribution is -0.138. The second-order valence-corrected chi connectivity index (χ2v) is 7.27. The third kappa shape index (κ3) is 3.88. The molecule has 1 N–H and O–H groups in total. The Kier molecular flexibility index (Phi) is 5.00. The highest BCUT2D eigenvalue weighted by Gasteiger charge is 2.41. The van der Waals surface area contributed by atoms with Crippen LogP contribution in [0, 0.1) is 0 Å². The van der Waals surface area contributed by atoms with Gasteiger partial charge in [0.25, 0.3) is 5.91 Å². The van der Waals surface area contributed by atoms with Gasteiger partial charge in [-0.3, -0.25) is 4.79 Å². The van der Waals surface area contributed by atoms with E-state index < -0.39 is 29.2 Å². The molecule has 1 aromatic heterocycles. The van der Waals surface area contributed by atoms with E-state index in [2.05, 4.69) is 10.2 Å². The molecule has 1 amide bonds. The predicted molar refractivity (Wildman–Crippen MR) is 104 cm³/mol. The van der Waals surface area contributed by atoms with Gasteiger partial charge in [-0.25, -0.2) is 4.79 Å². The largest absolute Gasteiger partial charge is 0.478 e. The van der Waals surface area contributed by atoms with Gasteiger partial charge in [-0.05, 0) is 41.8 Å². The van der Waals surface area contributed by atoms with Crippen molar-refractivity contribution in [2.75, 3.05) is 4.90 Å². The molecule has 2 heterocycles. The first-order valence-electron chi connectivity index (χ1n) is 9.36. The van der Waals surface area contributed by atoms with E-state index in [9.17, 15) is 22.8 Å². The molecule has 1 aliphatic rings. The number of carbonyl (C=O) groups is 2. The molecule has 160 valence electrons. The van der Waals surface area contributed by atoms with Crippen molar-refractivity contribution in [1.82, 2.24) is 14.8 Å². The van der Waals surface area contributed by atoms with Crippen molar-refractivity contribution in [1.29, 1.82) is 0 Å². The molecule has 10 heteroatoms. The van der Waals surface area contributed by atoms with Crippen LogP contribution in [-0.2, 0) is 32.6 Å². The smallest absolute Gasteiger partial charge is 0.416 e. The molecule has 0 aliphatic carbocycles. The summed E-state index contributed by atoms with van der Waals surface area (Å²) in [5, 5.41) is 17.0. The van der Waals surface area contributed by atoms with Crippen molar-refractivity contribution in [3.8, 4) is 0 Å². The number of hydrogen-bond acceptors (Lipinski definition) is 4. The van der Waals surface area contributed by atoms with E-state index in [4.69, 9.17) is 5.11 Å². The normalized spacial score (nSPS) is 13.5. The van der Waals surface area contributed by atoms with E-state index in [0.717, 1.165) is 17.5 Å². The second-order valence-electron chi connectivity index (χ2n) is 7.27. The number of carbonyl (C=O) groups excluding carboxylic acids is 1. The Labute approximate surface area is 174 Å². The Bertz CT molecular complexity index is 1190. The second kappa shape index (κ2) is 7.53. The van der Waals surface area contributed by atoms with Gasteiger partial charge in [-0.2, -0.15) is 13.2 Å². The summed E-state index contributed by atoms with van der Waals surface area (Å²) in [4.78, 5) is 25.4. The summed E-state index contributed by atoms with van der Waals surface area (Å²) in [7, 11) is 1.83. The predicted octanol–water partition coefficient (Wildman–Crippen LogP) is 3.48. The number of amides is 1. The van der Waals surface area contributed by atoms with Gasteiger partial charge in [0.1, 0.15) is 12.2 Å². The molecule has 0 spiro atoms. The van der Waals surface area contributed by atoms with Crippen LogP contribution in [-0.4, -0.2) is 31.7 Å². The fourth-order valence-electron chi connectivity index (χ4n) is 3.66. The van der Waals surface area contributed by atoms with Gasteiger partial charge in [0.05, 0.1) is 17.7 Å². The number of alkyl halides is 3. The van der Waals surface area contributed by atoms with Crippen molar-refractivity contribution in [2.24, 2.45) is 7.05 Å². The van der Waals surface area contributed by atoms with Crippen LogP contribution in [0.3, 0.4) is 0 Å². The van der Waals surface area contributed by atoms with Gasteiger partial charge in [-0.15, -0.1) is 10.2 Å². The van der Waals surface area contributed by atoms with Crippen molar-refractivity contribution in [3.05, 3.63) is 76.4 Å². The number of carboxylic acids is 1. The van der Waals surface area contributed by atoms with Crippen LogP contribution in [0.15, 0.2) is 42.7 Å². The number of benzene rings is 2. The van der Waals surface area contributed by atoms with E-state index in [-0.39, 0.29) is 17.7 Å². The zero-order valence-corrected chi connectivity index (χ0v) is 16.3. The molecule has 2 aromatic carbocycles. The summed E-state index contributed by atoms with van der Waals surface area (Å²) < 4.78 is 42.4. The van der Waals surface area contributed by atoms with E-state index in [1.165, 1.54) is 4.90 Å². The highest BCUT2D eigenvalue weighted by Crippen LogP contribution is 2.39. The molecule has 0 saturated carbocycles. The highest BCUT2D eigenvalue weighted by molar-refractivity contribution is 6.11. The molecule has 4 rings (SSSR count). The van der Waals surface area contributed by atoms with Gasteiger partial charge in [-0.1, -0.05) is 12.1 Å². The minimum absolute atomic E-state index is 0.216. The van der Waals surface area contributed by atoms with E-state index in [1.54, 1.807) is 29.1 Å². The molecular formula is C21H17F3N4O3. The minimum atomic E-state index is -4.77. The number of rotatable bonds is 5. The number of anilines is 1. The number of hydrogen-bond donors (Lipinski definition) is 1. The number of aromatic nitrogens is 3. The lowest BCUT2D eigenvalue weighted by Crippen LogP contribution is -2.23. The average molecular weight is 430 g/mol. The third-order valence-corrected chi connectivity index (χ3v) is 5.26. The molecule has 0 fully saturated rings. The number of nitrogens with zero attached hydrogens (tertiary/aromatic N) is 4. The molecule has 1 aliphatic heterocycles. The number of aromatic carboxylic acids is 1. The van der Waals surface area contributed by atoms with Crippen molar-refractivity contribution < 1.29 is 27.9 Å². The topological polar surface area (TPSA) is 88.3 Å². The van der Waals surface area contributed by atoms with E-state index in [0.29, 0.717) is 24.6 Å². The number of fused-ring (bicyclic) bond motifs is 1. The lowest BCUT2D eigenvalue weighted by Gasteiger charge is -2.17. The van der Waals surface area contributed by atoms with Gasteiger partial charge in [0.2, 0.25) is 0 Å². The van der Waals surface area contributed by atoms with Crippen LogP contribution >= 0.6 is 0 Å². The summed E-state index contributed by atoms with van der Waals surface area (Å²) in [6.45, 7) is -0.282. The van der Waals surface area contributed by atoms with Gasteiger partial charge in [0.15, 0.2) is 0 Å². The molecule has 0 unspecified atom stereocenters. The molecule has 7 nitrogen and oxygen atoms in total. The molecule has 0 saturated heterocycles. The monoisotopic (exact) mass is 430 g/mol. The average Bonchev–Trinajstić information content (AvgIpc) is 3.28. The maximum atomic E-state index is 13.5. The maximum absolute atomic E-state index is 13.5. The van der Waals surface area contributed by atoms with Crippen LogP contribution in [0.2, 0.25) is 0 Å². The summed E-state index contributed by atoms with van der Waals surface area (Å²) in [5.74, 6) is -1.40. The molecule has 3 aromatic rings. The quantitative estimate of drug-likeness (QED) is 0.670. The molecule has 31 heavy (non-hydrogen) atoms. The summed E-state index contributed by atoms with van der Waals surface area (Å²) in [6, 6.07) is 8.55. The van der Waals surface area contributed by atoms with Crippen LogP contribution in [0.1, 0.15) is 43.2 Å². The Morgan fingerprint density at radius 1 is 1.19 bits per heavy atom. The summed E-state index contributed by atoms with van der Waals surface area (Å²) in [5.41, 5.74) is -0.799. The number of halogens is 3. The van der Waals surface area contributed by atoms with E-state index >= 15 is 0 Å². The Balaban J connectivity index is 1.64. The lowest BCUT2D eigenvalue weighted by atomic mass is 9.99. The third-order valence-electron chi connectivity index (χ3n) is 5.26. The zero-order chi connectivity index (χ0) is 22.3. The van der Waals surface area contributed by atoms with Gasteiger partial charge >= 0.3 is 12.1 Å². The standard InChI is InChI=1S/C21H17F3N4O3/c1-27-11-25-26-18(27)6-5-12-3-2-4-14(7-12)28-10-16-15(19(28)29)8-13(20(30)31)9-17(16)21(22,23)24/h2-4,7-9,11H,5-6,10H2,1H3,(H,30,31). The Morgan fingerprint density at radius 2 is 1.97 bits per heavy atom. The summed E-state index contributed by atoms with van der Waals surface area (Å²) >= 11 is 0. The van der Waals surface area contributed by atoms with Crippen molar-refractivity contribution in [3.63, 3.8) is 0 Å². The number of carboxylic acid groups (broad SMARTS) is 1. The Morgan fingerprint density at radius 3 is 2.61 bits per heavy atom. The minimum Gasteiger partial charge on any atom is -0.478 e. The highest BCUT2D eigenvalue weighted by atomic mass is 19.4. The zero-order valence-electron chi connectivity index (χ0n) is 16.3. The van der Waals surface area contributed by atoms with Crippen LogP contribution < -0.4 is 4.90 Å². The van der Waals surface area contributed by atoms with Crippen LogP contribution in [0.4, 0.5) is 18.9 Å². The van der Waals surface area contributed by atoms with Gasteiger partial charge in [0, 0.05) is 24.7 Å². The van der Waals surface area contributed by atoms with Crippen molar-refractivity contribution in [2.45, 2.75) is 25.6 Å². The SMILES string of the molecule is Cn1cnnc1CCc1cccc(N2Cc3c(cc(C(=O)O)cc3C(F)(F)F)C2=O)c1. The fourth-order valence-corrected chi connectivity index (χ4v) is 3.66. The van der Waals surface area contributed by atoms with E-state index in [1.807, 2.05) is 13.1 Å². The van der Waals surface area contributed by atoms with Crippen molar-refractivity contribution >= 4 is 17.6 Å². The number of aryl methyl sites for hydroxylation is 3. The molecule has 0 bridgehead atoms. The first-order chi connectivity index (χ1) is 14.6. The van der Waals surface area contributed by atoms with Crippen LogP contribution in [0.5, 0.6) is 0 Å². The van der Waals surface area contributed by atoms with Crippen LogP contribution in [0.25, 0.3) is 0 Å².